The molecule has 21 heavy (non-hydrogen) atoms. The lowest BCUT2D eigenvalue weighted by atomic mass is 10.2. The summed E-state index contributed by atoms with van der Waals surface area (Å²) in [4.78, 5) is 14.8. The number of carbonyl (C=O) groups is 1. The highest BCUT2D eigenvalue weighted by Gasteiger charge is 2.08. The maximum Gasteiger partial charge on any atom is 0.341 e. The van der Waals surface area contributed by atoms with Crippen LogP contribution in [0.3, 0.4) is 0 Å². The summed E-state index contributed by atoms with van der Waals surface area (Å²) in [5, 5.41) is 4.25. The minimum Gasteiger partial charge on any atom is -0.422 e. The third-order valence-electron chi connectivity index (χ3n) is 2.78. The van der Waals surface area contributed by atoms with Gasteiger partial charge in [0, 0.05) is 5.56 Å². The third kappa shape index (κ3) is 3.00. The number of hydrogen-bond acceptors (Lipinski definition) is 4. The van der Waals surface area contributed by atoms with E-state index in [9.17, 15) is 4.79 Å². The number of nitrogens with zero attached hydrogens (tertiary/aromatic N) is 3. The Hall–Kier alpha value is -2.47. The van der Waals surface area contributed by atoms with E-state index in [4.69, 9.17) is 4.74 Å². The Balaban J connectivity index is 1.83. The van der Waals surface area contributed by atoms with Crippen molar-refractivity contribution >= 4 is 22.2 Å². The number of aromatic nitrogens is 3. The summed E-state index contributed by atoms with van der Waals surface area (Å²) in [6.07, 6.45) is 2.36. The SMILES string of the molecule is O=Cc1ccc(Oc2ncn(-c3ccccc3)n2)c(Br)c1. The molecule has 0 aliphatic rings. The molecule has 0 aliphatic heterocycles. The molecule has 1 aromatic heterocycles. The van der Waals surface area contributed by atoms with Gasteiger partial charge in [0.05, 0.1) is 10.2 Å². The maximum absolute atomic E-state index is 10.7. The summed E-state index contributed by atoms with van der Waals surface area (Å²) in [6, 6.07) is 14.9. The second-order valence-corrected chi connectivity index (χ2v) is 5.07. The van der Waals surface area contributed by atoms with Gasteiger partial charge in [0.2, 0.25) is 0 Å². The zero-order chi connectivity index (χ0) is 14.7. The highest BCUT2D eigenvalue weighted by Crippen LogP contribution is 2.28. The molecule has 0 saturated heterocycles. The van der Waals surface area contributed by atoms with E-state index in [1.54, 1.807) is 29.2 Å². The molecule has 3 aromatic rings. The van der Waals surface area contributed by atoms with Gasteiger partial charge in [0.25, 0.3) is 0 Å². The van der Waals surface area contributed by atoms with Crippen LogP contribution < -0.4 is 4.74 Å². The molecule has 0 radical (unpaired) electrons. The summed E-state index contributed by atoms with van der Waals surface area (Å²) in [5.41, 5.74) is 1.47. The Morgan fingerprint density at radius 2 is 1.95 bits per heavy atom. The minimum atomic E-state index is 0.235. The van der Waals surface area contributed by atoms with Gasteiger partial charge in [-0.2, -0.15) is 4.98 Å². The quantitative estimate of drug-likeness (QED) is 0.678. The average molecular weight is 344 g/mol. The van der Waals surface area contributed by atoms with Crippen LogP contribution in [0.4, 0.5) is 0 Å². The van der Waals surface area contributed by atoms with Gasteiger partial charge in [-0.25, -0.2) is 4.68 Å². The lowest BCUT2D eigenvalue weighted by molar-refractivity contribution is 0.112. The smallest absolute Gasteiger partial charge is 0.341 e. The van der Waals surface area contributed by atoms with E-state index in [2.05, 4.69) is 26.0 Å². The predicted octanol–water partition coefficient (Wildman–Crippen LogP) is 3.63. The number of halogens is 1. The lowest BCUT2D eigenvalue weighted by Gasteiger charge is -2.04. The fraction of sp³-hybridized carbons (Fsp3) is 0. The molecule has 6 heteroatoms. The van der Waals surface area contributed by atoms with Crippen molar-refractivity contribution in [3.8, 4) is 17.4 Å². The first kappa shape index (κ1) is 13.5. The number of rotatable bonds is 4. The van der Waals surface area contributed by atoms with E-state index in [0.29, 0.717) is 15.8 Å². The van der Waals surface area contributed by atoms with Crippen molar-refractivity contribution in [2.45, 2.75) is 0 Å². The molecule has 0 bridgehead atoms. The van der Waals surface area contributed by atoms with Crippen LogP contribution >= 0.6 is 15.9 Å². The standard InChI is InChI=1S/C15H10BrN3O2/c16-13-8-11(9-20)6-7-14(13)21-15-17-10-19(18-15)12-4-2-1-3-5-12/h1-10H. The summed E-state index contributed by atoms with van der Waals surface area (Å²) in [5.74, 6) is 0.548. The number of ether oxygens (including phenoxy) is 1. The molecule has 0 unspecified atom stereocenters. The van der Waals surface area contributed by atoms with Gasteiger partial charge in [0.1, 0.15) is 18.4 Å². The van der Waals surface area contributed by atoms with Crippen molar-refractivity contribution in [1.29, 1.82) is 0 Å². The first-order valence-electron chi connectivity index (χ1n) is 6.16. The topological polar surface area (TPSA) is 57.0 Å². The molecule has 0 saturated carbocycles. The van der Waals surface area contributed by atoms with Crippen molar-refractivity contribution in [3.05, 3.63) is 64.9 Å². The van der Waals surface area contributed by atoms with Crippen LogP contribution in [-0.2, 0) is 0 Å². The van der Waals surface area contributed by atoms with Gasteiger partial charge in [-0.1, -0.05) is 18.2 Å². The lowest BCUT2D eigenvalue weighted by Crippen LogP contribution is -1.95. The van der Waals surface area contributed by atoms with Gasteiger partial charge >= 0.3 is 6.01 Å². The maximum atomic E-state index is 10.7. The summed E-state index contributed by atoms with van der Waals surface area (Å²) < 4.78 is 7.90. The van der Waals surface area contributed by atoms with Crippen LogP contribution in [-0.4, -0.2) is 21.1 Å². The molecule has 3 rings (SSSR count). The average Bonchev–Trinajstić information content (AvgIpc) is 2.99. The molecule has 104 valence electrons. The molecular weight excluding hydrogens is 334 g/mol. The van der Waals surface area contributed by atoms with Crippen LogP contribution in [0.25, 0.3) is 5.69 Å². The third-order valence-corrected chi connectivity index (χ3v) is 3.40. The Morgan fingerprint density at radius 3 is 2.67 bits per heavy atom. The monoisotopic (exact) mass is 343 g/mol. The zero-order valence-corrected chi connectivity index (χ0v) is 12.4. The summed E-state index contributed by atoms with van der Waals surface area (Å²) >= 11 is 3.35. The Labute approximate surface area is 129 Å². The molecule has 0 atom stereocenters. The van der Waals surface area contributed by atoms with Gasteiger partial charge in [-0.05, 0) is 46.3 Å². The van der Waals surface area contributed by atoms with Crippen LogP contribution in [0.1, 0.15) is 10.4 Å². The number of carbonyl (C=O) groups excluding carboxylic acids is 1. The number of aldehydes is 1. The number of hydrogen-bond donors (Lipinski definition) is 0. The van der Waals surface area contributed by atoms with Crippen molar-refractivity contribution in [3.63, 3.8) is 0 Å². The van der Waals surface area contributed by atoms with E-state index >= 15 is 0 Å². The minimum absolute atomic E-state index is 0.235. The van der Waals surface area contributed by atoms with Crippen LogP contribution in [0.2, 0.25) is 0 Å². The molecule has 0 spiro atoms. The fourth-order valence-corrected chi connectivity index (χ4v) is 2.25. The second-order valence-electron chi connectivity index (χ2n) is 4.22. The zero-order valence-electron chi connectivity index (χ0n) is 10.8. The molecule has 0 N–H and O–H groups in total. The van der Waals surface area contributed by atoms with E-state index in [1.807, 2.05) is 30.3 Å². The molecule has 0 amide bonds. The predicted molar refractivity (Wildman–Crippen MR) is 81.0 cm³/mol. The van der Waals surface area contributed by atoms with E-state index in [0.717, 1.165) is 12.0 Å². The number of benzene rings is 2. The van der Waals surface area contributed by atoms with Crippen molar-refractivity contribution in [1.82, 2.24) is 14.8 Å². The first-order chi connectivity index (χ1) is 10.3. The molecule has 5 nitrogen and oxygen atoms in total. The van der Waals surface area contributed by atoms with E-state index in [-0.39, 0.29) is 6.01 Å². The summed E-state index contributed by atoms with van der Waals surface area (Å²) in [7, 11) is 0. The second kappa shape index (κ2) is 5.88. The van der Waals surface area contributed by atoms with Gasteiger partial charge in [0.15, 0.2) is 0 Å². The Morgan fingerprint density at radius 1 is 1.14 bits per heavy atom. The molecular formula is C15H10BrN3O2. The molecule has 1 heterocycles. The van der Waals surface area contributed by atoms with Crippen LogP contribution in [0, 0.1) is 0 Å². The van der Waals surface area contributed by atoms with Crippen molar-refractivity contribution in [2.24, 2.45) is 0 Å². The Bertz CT molecular complexity index is 772. The van der Waals surface area contributed by atoms with Crippen molar-refractivity contribution in [2.75, 3.05) is 0 Å². The number of para-hydroxylation sites is 1. The molecule has 2 aromatic carbocycles. The van der Waals surface area contributed by atoms with E-state index < -0.39 is 0 Å². The normalized spacial score (nSPS) is 10.3. The van der Waals surface area contributed by atoms with Crippen LogP contribution in [0.5, 0.6) is 11.8 Å². The summed E-state index contributed by atoms with van der Waals surface area (Å²) in [6.45, 7) is 0. The molecule has 0 aliphatic carbocycles. The molecule has 0 fully saturated rings. The van der Waals surface area contributed by atoms with Gasteiger partial charge in [-0.15, -0.1) is 5.10 Å². The highest BCUT2D eigenvalue weighted by molar-refractivity contribution is 9.10. The largest absolute Gasteiger partial charge is 0.422 e. The van der Waals surface area contributed by atoms with Crippen LogP contribution in [0.15, 0.2) is 59.3 Å². The van der Waals surface area contributed by atoms with Gasteiger partial charge in [-0.3, -0.25) is 4.79 Å². The fourth-order valence-electron chi connectivity index (χ4n) is 1.77. The highest BCUT2D eigenvalue weighted by atomic mass is 79.9. The van der Waals surface area contributed by atoms with Crippen molar-refractivity contribution < 1.29 is 9.53 Å². The first-order valence-corrected chi connectivity index (χ1v) is 6.95. The van der Waals surface area contributed by atoms with Gasteiger partial charge < -0.3 is 4.74 Å². The van der Waals surface area contributed by atoms with E-state index in [1.165, 1.54) is 0 Å². The Kier molecular flexibility index (Phi) is 3.79.